The molecule has 2 aromatic heterocycles. The number of hydrogen-bond donors (Lipinski definition) is 0. The minimum atomic E-state index is -0.000688. The Bertz CT molecular complexity index is 1980. The Balaban J connectivity index is 1.48. The maximum absolute atomic E-state index is 2.46. The standard InChI is InChI=1S/C33H23NS/c1-33(2)27-12-6-3-9-21(27)25-19-30-26(18-28(25)33)22-10-4-7-13-29(22)34(30)20-15-16-24-23-11-5-8-14-31(23)35-32(24)17-20/h3-19H,1-2H3. The van der Waals surface area contributed by atoms with E-state index in [4.69, 9.17) is 0 Å². The molecule has 2 heteroatoms. The van der Waals surface area contributed by atoms with Gasteiger partial charge >= 0.3 is 0 Å². The van der Waals surface area contributed by atoms with Gasteiger partial charge in [-0.05, 0) is 58.7 Å². The van der Waals surface area contributed by atoms with Crippen molar-refractivity contribution in [3.8, 4) is 16.8 Å². The summed E-state index contributed by atoms with van der Waals surface area (Å²) in [5, 5.41) is 5.33. The molecule has 8 rings (SSSR count). The van der Waals surface area contributed by atoms with E-state index in [9.17, 15) is 0 Å². The number of hydrogen-bond acceptors (Lipinski definition) is 1. The third-order valence-corrected chi connectivity index (χ3v) is 9.13. The topological polar surface area (TPSA) is 4.93 Å². The van der Waals surface area contributed by atoms with Crippen LogP contribution in [0.2, 0.25) is 0 Å². The van der Waals surface area contributed by atoms with Crippen molar-refractivity contribution in [3.63, 3.8) is 0 Å². The molecule has 166 valence electrons. The summed E-state index contributed by atoms with van der Waals surface area (Å²) in [4.78, 5) is 0. The summed E-state index contributed by atoms with van der Waals surface area (Å²) in [6, 6.07) is 38.3. The van der Waals surface area contributed by atoms with E-state index in [1.54, 1.807) is 0 Å². The average molecular weight is 466 g/mol. The summed E-state index contributed by atoms with van der Waals surface area (Å²) in [5.41, 5.74) is 9.34. The second-order valence-electron chi connectivity index (χ2n) is 10.2. The number of para-hydroxylation sites is 1. The first kappa shape index (κ1) is 19.4. The zero-order chi connectivity index (χ0) is 23.3. The molecule has 7 aromatic rings. The van der Waals surface area contributed by atoms with Gasteiger partial charge in [-0.1, -0.05) is 80.6 Å². The van der Waals surface area contributed by atoms with E-state index >= 15 is 0 Å². The molecular formula is C33H23NS. The fourth-order valence-electron chi connectivity index (χ4n) is 6.29. The van der Waals surface area contributed by atoms with Gasteiger partial charge in [0.15, 0.2) is 0 Å². The summed E-state index contributed by atoms with van der Waals surface area (Å²) in [7, 11) is 0. The Morgan fingerprint density at radius 1 is 0.543 bits per heavy atom. The molecule has 0 atom stereocenters. The minimum absolute atomic E-state index is 0.000688. The molecule has 0 N–H and O–H groups in total. The Labute approximate surface area is 207 Å². The molecule has 0 unspecified atom stereocenters. The second-order valence-corrected chi connectivity index (χ2v) is 11.3. The van der Waals surface area contributed by atoms with Crippen molar-refractivity contribution >= 4 is 53.3 Å². The molecule has 1 aliphatic rings. The van der Waals surface area contributed by atoms with Gasteiger partial charge in [-0.2, -0.15) is 0 Å². The second kappa shape index (κ2) is 6.62. The summed E-state index contributed by atoms with van der Waals surface area (Å²) in [5.74, 6) is 0. The molecule has 0 fully saturated rings. The quantitative estimate of drug-likeness (QED) is 0.227. The molecular weight excluding hydrogens is 442 g/mol. The number of thiophene rings is 1. The van der Waals surface area contributed by atoms with Gasteiger partial charge in [0.2, 0.25) is 0 Å². The zero-order valence-electron chi connectivity index (χ0n) is 19.7. The molecule has 1 nitrogen and oxygen atoms in total. The predicted octanol–water partition coefficient (Wildman–Crippen LogP) is 9.46. The van der Waals surface area contributed by atoms with Crippen LogP contribution >= 0.6 is 11.3 Å². The van der Waals surface area contributed by atoms with E-state index in [0.29, 0.717) is 0 Å². The molecule has 35 heavy (non-hydrogen) atoms. The highest BCUT2D eigenvalue weighted by molar-refractivity contribution is 7.25. The molecule has 0 amide bonds. The van der Waals surface area contributed by atoms with Gasteiger partial charge in [0.1, 0.15) is 0 Å². The fraction of sp³-hybridized carbons (Fsp3) is 0.0909. The highest BCUT2D eigenvalue weighted by atomic mass is 32.1. The first-order valence-corrected chi connectivity index (χ1v) is 13.0. The molecule has 0 saturated carbocycles. The zero-order valence-corrected chi connectivity index (χ0v) is 20.5. The van der Waals surface area contributed by atoms with Crippen LogP contribution in [0.1, 0.15) is 25.0 Å². The van der Waals surface area contributed by atoms with E-state index in [2.05, 4.69) is 122 Å². The van der Waals surface area contributed by atoms with Crippen molar-refractivity contribution in [2.45, 2.75) is 19.3 Å². The number of benzene rings is 5. The van der Waals surface area contributed by atoms with Crippen LogP contribution in [0.4, 0.5) is 0 Å². The average Bonchev–Trinajstić information content (AvgIpc) is 3.49. The minimum Gasteiger partial charge on any atom is -0.309 e. The van der Waals surface area contributed by atoms with Crippen molar-refractivity contribution in [3.05, 3.63) is 114 Å². The largest absolute Gasteiger partial charge is 0.309 e. The molecule has 5 aromatic carbocycles. The number of aromatic nitrogens is 1. The van der Waals surface area contributed by atoms with Gasteiger partial charge in [0.05, 0.1) is 11.0 Å². The molecule has 0 bridgehead atoms. The van der Waals surface area contributed by atoms with E-state index in [1.807, 2.05) is 11.3 Å². The lowest BCUT2D eigenvalue weighted by atomic mass is 9.82. The molecule has 1 aliphatic carbocycles. The van der Waals surface area contributed by atoms with E-state index < -0.39 is 0 Å². The third-order valence-electron chi connectivity index (χ3n) is 8.00. The Morgan fingerprint density at radius 3 is 2.20 bits per heavy atom. The number of nitrogens with zero attached hydrogens (tertiary/aromatic N) is 1. The first-order chi connectivity index (χ1) is 17.1. The van der Waals surface area contributed by atoms with Crippen LogP contribution in [-0.4, -0.2) is 4.57 Å². The van der Waals surface area contributed by atoms with Crippen molar-refractivity contribution in [2.24, 2.45) is 0 Å². The summed E-state index contributed by atoms with van der Waals surface area (Å²) in [6.07, 6.45) is 0. The van der Waals surface area contributed by atoms with Crippen molar-refractivity contribution in [2.75, 3.05) is 0 Å². The lowest BCUT2D eigenvalue weighted by Gasteiger charge is -2.21. The van der Waals surface area contributed by atoms with Gasteiger partial charge < -0.3 is 4.57 Å². The summed E-state index contributed by atoms with van der Waals surface area (Å²) < 4.78 is 5.14. The number of fused-ring (bicyclic) bond motifs is 9. The van der Waals surface area contributed by atoms with Crippen LogP contribution < -0.4 is 0 Å². The van der Waals surface area contributed by atoms with Crippen molar-refractivity contribution in [1.82, 2.24) is 4.57 Å². The van der Waals surface area contributed by atoms with Crippen LogP contribution in [0.25, 0.3) is 58.8 Å². The van der Waals surface area contributed by atoms with Crippen LogP contribution in [-0.2, 0) is 5.41 Å². The van der Waals surface area contributed by atoms with Gasteiger partial charge in [-0.15, -0.1) is 11.3 Å². The van der Waals surface area contributed by atoms with Crippen LogP contribution in [0.5, 0.6) is 0 Å². The SMILES string of the molecule is CC1(C)c2ccccc2-c2cc3c(cc21)c1ccccc1n3-c1ccc2c(c1)sc1ccccc12. The lowest BCUT2D eigenvalue weighted by Crippen LogP contribution is -2.14. The Kier molecular flexibility index (Phi) is 3.67. The Hall–Kier alpha value is -3.88. The van der Waals surface area contributed by atoms with Gasteiger partial charge in [-0.3, -0.25) is 0 Å². The lowest BCUT2D eigenvalue weighted by molar-refractivity contribution is 0.661. The predicted molar refractivity (Wildman–Crippen MR) is 151 cm³/mol. The number of rotatable bonds is 1. The Morgan fingerprint density at radius 2 is 1.29 bits per heavy atom. The van der Waals surface area contributed by atoms with Crippen LogP contribution in [0, 0.1) is 0 Å². The van der Waals surface area contributed by atoms with Crippen LogP contribution in [0.15, 0.2) is 103 Å². The molecule has 0 radical (unpaired) electrons. The van der Waals surface area contributed by atoms with Gasteiger partial charge in [0, 0.05) is 42.0 Å². The fourth-order valence-corrected chi connectivity index (χ4v) is 7.43. The van der Waals surface area contributed by atoms with Gasteiger partial charge in [-0.25, -0.2) is 0 Å². The van der Waals surface area contributed by atoms with Gasteiger partial charge in [0.25, 0.3) is 0 Å². The van der Waals surface area contributed by atoms with Crippen LogP contribution in [0.3, 0.4) is 0 Å². The highest BCUT2D eigenvalue weighted by Gasteiger charge is 2.36. The van der Waals surface area contributed by atoms with Crippen molar-refractivity contribution in [1.29, 1.82) is 0 Å². The highest BCUT2D eigenvalue weighted by Crippen LogP contribution is 2.51. The molecule has 0 saturated heterocycles. The molecule has 2 heterocycles. The first-order valence-electron chi connectivity index (χ1n) is 12.2. The summed E-state index contributed by atoms with van der Waals surface area (Å²) >= 11 is 1.88. The van der Waals surface area contributed by atoms with Crippen molar-refractivity contribution < 1.29 is 0 Å². The van der Waals surface area contributed by atoms with E-state index in [-0.39, 0.29) is 5.41 Å². The van der Waals surface area contributed by atoms with E-state index in [0.717, 1.165) is 0 Å². The maximum atomic E-state index is 2.46. The normalized spacial score (nSPS) is 14.2. The molecule has 0 aliphatic heterocycles. The third kappa shape index (κ3) is 2.47. The smallest absolute Gasteiger partial charge is 0.0547 e. The monoisotopic (exact) mass is 465 g/mol. The van der Waals surface area contributed by atoms with E-state index in [1.165, 1.54) is 69.9 Å². The molecule has 0 spiro atoms. The summed E-state index contributed by atoms with van der Waals surface area (Å²) in [6.45, 7) is 4.72. The maximum Gasteiger partial charge on any atom is 0.0547 e.